The van der Waals surface area contributed by atoms with E-state index >= 15 is 0 Å². The number of carbonyl (C=O) groups excluding carboxylic acids is 2. The van der Waals surface area contributed by atoms with Gasteiger partial charge in [0.05, 0.1) is 6.20 Å². The number of ether oxygens (including phenoxy) is 1. The lowest BCUT2D eigenvalue weighted by atomic mass is 10.2. The molecule has 0 bridgehead atoms. The molecule has 1 aromatic rings. The quantitative estimate of drug-likeness (QED) is 0.825. The zero-order chi connectivity index (χ0) is 13.9. The molecule has 6 heteroatoms. The second-order valence-corrected chi connectivity index (χ2v) is 5.02. The van der Waals surface area contributed by atoms with Gasteiger partial charge in [-0.1, -0.05) is 5.16 Å². The van der Waals surface area contributed by atoms with Crippen LogP contribution in [0.4, 0.5) is 0 Å². The van der Waals surface area contributed by atoms with Gasteiger partial charge in [-0.2, -0.15) is 0 Å². The Kier molecular flexibility index (Phi) is 4.11. The fourth-order valence-electron chi connectivity index (χ4n) is 1.24. The van der Waals surface area contributed by atoms with Gasteiger partial charge < -0.3 is 14.6 Å². The van der Waals surface area contributed by atoms with Crippen molar-refractivity contribution in [3.63, 3.8) is 0 Å². The second-order valence-electron chi connectivity index (χ2n) is 5.02. The highest BCUT2D eigenvalue weighted by Gasteiger charge is 2.24. The Morgan fingerprint density at radius 3 is 2.50 bits per heavy atom. The average molecular weight is 254 g/mol. The van der Waals surface area contributed by atoms with Crippen molar-refractivity contribution < 1.29 is 18.8 Å². The largest absolute Gasteiger partial charge is 0.458 e. The molecule has 0 spiro atoms. The van der Waals surface area contributed by atoms with Crippen LogP contribution in [0, 0.1) is 6.92 Å². The summed E-state index contributed by atoms with van der Waals surface area (Å²) in [6.45, 7) is 8.49. The third-order valence-corrected chi connectivity index (χ3v) is 2.10. The van der Waals surface area contributed by atoms with Crippen molar-refractivity contribution in [2.75, 3.05) is 0 Å². The first-order valence-corrected chi connectivity index (χ1v) is 5.65. The molecule has 1 aromatic heterocycles. The van der Waals surface area contributed by atoms with E-state index in [4.69, 9.17) is 9.26 Å². The van der Waals surface area contributed by atoms with Gasteiger partial charge >= 0.3 is 5.97 Å². The first-order chi connectivity index (χ1) is 8.20. The van der Waals surface area contributed by atoms with Gasteiger partial charge in [0.15, 0.2) is 0 Å². The number of esters is 1. The Hall–Kier alpha value is -1.85. The molecule has 0 radical (unpaired) electrons. The van der Waals surface area contributed by atoms with Gasteiger partial charge in [0.2, 0.25) is 0 Å². The van der Waals surface area contributed by atoms with Gasteiger partial charge in [0.25, 0.3) is 5.91 Å². The number of nitrogens with one attached hydrogen (secondary N) is 1. The van der Waals surface area contributed by atoms with Crippen molar-refractivity contribution in [2.24, 2.45) is 0 Å². The predicted molar refractivity (Wildman–Crippen MR) is 64.0 cm³/mol. The monoisotopic (exact) mass is 254 g/mol. The Morgan fingerprint density at radius 2 is 2.06 bits per heavy atom. The Balaban J connectivity index is 2.60. The maximum Gasteiger partial charge on any atom is 0.328 e. The van der Waals surface area contributed by atoms with Gasteiger partial charge in [-0.15, -0.1) is 0 Å². The molecule has 1 amide bonds. The number of aromatic nitrogens is 1. The minimum atomic E-state index is -0.731. The van der Waals surface area contributed by atoms with Crippen LogP contribution in [0.1, 0.15) is 43.8 Å². The highest BCUT2D eigenvalue weighted by molar-refractivity contribution is 5.97. The molecule has 18 heavy (non-hydrogen) atoms. The predicted octanol–water partition coefficient (Wildman–Crippen LogP) is 1.44. The maximum absolute atomic E-state index is 11.8. The number of hydrogen-bond acceptors (Lipinski definition) is 5. The molecule has 1 rings (SSSR count). The SMILES string of the molecule is Cc1oncc1C(=O)N[C@H](C)C(=O)OC(C)(C)C. The van der Waals surface area contributed by atoms with Gasteiger partial charge in [-0.05, 0) is 34.6 Å². The number of rotatable bonds is 3. The zero-order valence-corrected chi connectivity index (χ0v) is 11.2. The molecule has 0 aromatic carbocycles. The first-order valence-electron chi connectivity index (χ1n) is 5.65. The normalized spacial score (nSPS) is 12.9. The summed E-state index contributed by atoms with van der Waals surface area (Å²) >= 11 is 0. The van der Waals surface area contributed by atoms with Crippen LogP contribution in [0.5, 0.6) is 0 Å². The van der Waals surface area contributed by atoms with E-state index in [2.05, 4.69) is 10.5 Å². The van der Waals surface area contributed by atoms with E-state index in [1.807, 2.05) is 0 Å². The van der Waals surface area contributed by atoms with Crippen molar-refractivity contribution in [3.8, 4) is 0 Å². The summed E-state index contributed by atoms with van der Waals surface area (Å²) in [5, 5.41) is 6.03. The van der Waals surface area contributed by atoms with Crippen LogP contribution in [0.3, 0.4) is 0 Å². The number of carbonyl (C=O) groups is 2. The van der Waals surface area contributed by atoms with E-state index < -0.39 is 23.5 Å². The Morgan fingerprint density at radius 1 is 1.44 bits per heavy atom. The van der Waals surface area contributed by atoms with Crippen LogP contribution < -0.4 is 5.32 Å². The van der Waals surface area contributed by atoms with Crippen molar-refractivity contribution in [3.05, 3.63) is 17.5 Å². The number of amides is 1. The molecule has 0 unspecified atom stereocenters. The summed E-state index contributed by atoms with van der Waals surface area (Å²) in [5.41, 5.74) is -0.270. The van der Waals surface area contributed by atoms with Crippen LogP contribution >= 0.6 is 0 Å². The Labute approximate surface area is 106 Å². The summed E-state index contributed by atoms with van der Waals surface area (Å²) in [6.07, 6.45) is 1.31. The number of nitrogens with zero attached hydrogens (tertiary/aromatic N) is 1. The van der Waals surface area contributed by atoms with E-state index in [0.717, 1.165) is 0 Å². The zero-order valence-electron chi connectivity index (χ0n) is 11.2. The molecule has 0 fully saturated rings. The van der Waals surface area contributed by atoms with E-state index in [-0.39, 0.29) is 0 Å². The second kappa shape index (κ2) is 5.20. The summed E-state index contributed by atoms with van der Waals surface area (Å²) in [4.78, 5) is 23.5. The van der Waals surface area contributed by atoms with E-state index in [9.17, 15) is 9.59 Å². The summed E-state index contributed by atoms with van der Waals surface area (Å²) in [5.74, 6) is -0.485. The minimum Gasteiger partial charge on any atom is -0.458 e. The molecule has 6 nitrogen and oxygen atoms in total. The topological polar surface area (TPSA) is 81.4 Å². The highest BCUT2D eigenvalue weighted by Crippen LogP contribution is 2.09. The molecule has 0 saturated heterocycles. The maximum atomic E-state index is 11.8. The van der Waals surface area contributed by atoms with E-state index in [1.165, 1.54) is 6.20 Å². The van der Waals surface area contributed by atoms with Gasteiger partial charge in [0, 0.05) is 0 Å². The van der Waals surface area contributed by atoms with Crippen LogP contribution in [0.15, 0.2) is 10.7 Å². The average Bonchev–Trinajstić information content (AvgIpc) is 2.61. The Bertz CT molecular complexity index is 445. The minimum absolute atomic E-state index is 0.311. The van der Waals surface area contributed by atoms with Crippen molar-refractivity contribution in [2.45, 2.75) is 46.3 Å². The van der Waals surface area contributed by atoms with Gasteiger partial charge in [-0.25, -0.2) is 4.79 Å². The fourth-order valence-corrected chi connectivity index (χ4v) is 1.24. The highest BCUT2D eigenvalue weighted by atomic mass is 16.6. The molecule has 0 aliphatic rings. The number of aryl methyl sites for hydroxylation is 1. The van der Waals surface area contributed by atoms with Crippen LogP contribution in [0.25, 0.3) is 0 Å². The molecular weight excluding hydrogens is 236 g/mol. The standard InChI is InChI=1S/C12H18N2O4/c1-7(11(16)17-12(3,4)5)14-10(15)9-6-13-18-8(9)2/h6-7H,1-5H3,(H,14,15)/t7-/m1/s1. The molecule has 1 heterocycles. The molecule has 0 saturated carbocycles. The van der Waals surface area contributed by atoms with Gasteiger partial charge in [-0.3, -0.25) is 4.79 Å². The van der Waals surface area contributed by atoms with E-state index in [0.29, 0.717) is 11.3 Å². The third kappa shape index (κ3) is 3.87. The molecule has 1 atom stereocenters. The van der Waals surface area contributed by atoms with Crippen LogP contribution in [-0.2, 0) is 9.53 Å². The molecular formula is C12H18N2O4. The lowest BCUT2D eigenvalue weighted by Gasteiger charge is -2.22. The summed E-state index contributed by atoms with van der Waals surface area (Å²) in [7, 11) is 0. The van der Waals surface area contributed by atoms with Crippen LogP contribution in [-0.4, -0.2) is 28.7 Å². The summed E-state index contributed by atoms with van der Waals surface area (Å²) < 4.78 is 9.94. The van der Waals surface area contributed by atoms with Crippen molar-refractivity contribution >= 4 is 11.9 Å². The van der Waals surface area contributed by atoms with E-state index in [1.54, 1.807) is 34.6 Å². The molecule has 1 N–H and O–H groups in total. The molecule has 0 aliphatic heterocycles. The smallest absolute Gasteiger partial charge is 0.328 e. The lowest BCUT2D eigenvalue weighted by molar-refractivity contribution is -0.156. The fraction of sp³-hybridized carbons (Fsp3) is 0.583. The van der Waals surface area contributed by atoms with Crippen LogP contribution in [0.2, 0.25) is 0 Å². The lowest BCUT2D eigenvalue weighted by Crippen LogP contribution is -2.42. The molecule has 0 aliphatic carbocycles. The van der Waals surface area contributed by atoms with Crippen molar-refractivity contribution in [1.82, 2.24) is 10.5 Å². The van der Waals surface area contributed by atoms with Gasteiger partial charge in [0.1, 0.15) is 23.0 Å². The third-order valence-electron chi connectivity index (χ3n) is 2.10. The molecule has 100 valence electrons. The first kappa shape index (κ1) is 14.2. The van der Waals surface area contributed by atoms with Crippen molar-refractivity contribution in [1.29, 1.82) is 0 Å². The summed E-state index contributed by atoms with van der Waals surface area (Å²) in [6, 6.07) is -0.731. The number of hydrogen-bond donors (Lipinski definition) is 1.